The third kappa shape index (κ3) is 2.40. The fraction of sp³-hybridized carbons (Fsp3) is 0.267. The van der Waals surface area contributed by atoms with E-state index in [2.05, 4.69) is 10.1 Å². The van der Waals surface area contributed by atoms with Crippen molar-refractivity contribution in [3.8, 4) is 0 Å². The summed E-state index contributed by atoms with van der Waals surface area (Å²) < 4.78 is 7.07. The van der Waals surface area contributed by atoms with Crippen molar-refractivity contribution >= 4 is 17.0 Å². The molecule has 21 heavy (non-hydrogen) atoms. The maximum Gasteiger partial charge on any atom is 0.335 e. The third-order valence-corrected chi connectivity index (χ3v) is 3.39. The summed E-state index contributed by atoms with van der Waals surface area (Å²) in [6, 6.07) is 6.83. The van der Waals surface area contributed by atoms with Gasteiger partial charge in [-0.2, -0.15) is 0 Å². The molecule has 0 bridgehead atoms. The summed E-state index contributed by atoms with van der Waals surface area (Å²) in [4.78, 5) is 15.7. The SMILES string of the molecule is CCc1nc2ccc(C(=O)O)cc2n1Cc1cc(C)on1. The van der Waals surface area contributed by atoms with E-state index in [1.807, 2.05) is 24.5 Å². The van der Waals surface area contributed by atoms with Crippen molar-refractivity contribution in [1.29, 1.82) is 0 Å². The Bertz CT molecular complexity index is 817. The smallest absolute Gasteiger partial charge is 0.335 e. The molecule has 2 aromatic heterocycles. The Hall–Kier alpha value is -2.63. The van der Waals surface area contributed by atoms with Crippen LogP contribution < -0.4 is 0 Å². The summed E-state index contributed by atoms with van der Waals surface area (Å²) in [5.74, 6) is 0.701. The Morgan fingerprint density at radius 1 is 1.38 bits per heavy atom. The van der Waals surface area contributed by atoms with Crippen LogP contribution in [0.15, 0.2) is 28.8 Å². The van der Waals surface area contributed by atoms with Crippen LogP contribution in [0.5, 0.6) is 0 Å². The van der Waals surface area contributed by atoms with Gasteiger partial charge in [0.15, 0.2) is 0 Å². The van der Waals surface area contributed by atoms with Crippen LogP contribution in [-0.2, 0) is 13.0 Å². The molecule has 108 valence electrons. The zero-order chi connectivity index (χ0) is 15.0. The van der Waals surface area contributed by atoms with Crippen LogP contribution in [0.2, 0.25) is 0 Å². The number of imidazole rings is 1. The van der Waals surface area contributed by atoms with Crippen LogP contribution >= 0.6 is 0 Å². The van der Waals surface area contributed by atoms with Gasteiger partial charge >= 0.3 is 5.97 Å². The standard InChI is InChI=1S/C15H15N3O3/c1-3-14-16-12-5-4-10(15(19)20)7-13(12)18(14)8-11-6-9(2)21-17-11/h4-7H,3,8H2,1-2H3,(H,19,20). The van der Waals surface area contributed by atoms with Gasteiger partial charge in [0.1, 0.15) is 17.3 Å². The first-order chi connectivity index (χ1) is 10.1. The van der Waals surface area contributed by atoms with Crippen molar-refractivity contribution in [3.63, 3.8) is 0 Å². The monoisotopic (exact) mass is 285 g/mol. The molecule has 3 rings (SSSR count). The molecule has 0 aliphatic heterocycles. The van der Waals surface area contributed by atoms with E-state index in [4.69, 9.17) is 9.63 Å². The molecule has 1 N–H and O–H groups in total. The Kier molecular flexibility index (Phi) is 3.21. The highest BCUT2D eigenvalue weighted by Gasteiger charge is 2.14. The number of fused-ring (bicyclic) bond motifs is 1. The van der Waals surface area contributed by atoms with Crippen LogP contribution in [0, 0.1) is 6.92 Å². The van der Waals surface area contributed by atoms with Gasteiger partial charge in [-0.1, -0.05) is 12.1 Å². The predicted molar refractivity (Wildman–Crippen MR) is 76.4 cm³/mol. The van der Waals surface area contributed by atoms with Crippen LogP contribution in [-0.4, -0.2) is 25.8 Å². The number of rotatable bonds is 4. The molecule has 0 radical (unpaired) electrons. The summed E-state index contributed by atoms with van der Waals surface area (Å²) in [6.07, 6.45) is 0.758. The van der Waals surface area contributed by atoms with Gasteiger partial charge in [-0.15, -0.1) is 0 Å². The summed E-state index contributed by atoms with van der Waals surface area (Å²) in [5.41, 5.74) is 2.63. The molecule has 0 fully saturated rings. The van der Waals surface area contributed by atoms with Crippen LogP contribution in [0.1, 0.15) is 34.6 Å². The van der Waals surface area contributed by atoms with E-state index < -0.39 is 5.97 Å². The Balaban J connectivity index is 2.13. The van der Waals surface area contributed by atoms with E-state index in [-0.39, 0.29) is 5.56 Å². The van der Waals surface area contributed by atoms with Crippen LogP contribution in [0.4, 0.5) is 0 Å². The van der Waals surface area contributed by atoms with Crippen molar-refractivity contribution in [3.05, 3.63) is 47.1 Å². The Morgan fingerprint density at radius 2 is 2.19 bits per heavy atom. The van der Waals surface area contributed by atoms with E-state index >= 15 is 0 Å². The molecule has 0 atom stereocenters. The molecule has 0 aliphatic carbocycles. The molecule has 0 saturated heterocycles. The molecule has 2 heterocycles. The number of hydrogen-bond donors (Lipinski definition) is 1. The van der Waals surface area contributed by atoms with E-state index in [0.717, 1.165) is 34.7 Å². The number of hydrogen-bond acceptors (Lipinski definition) is 4. The summed E-state index contributed by atoms with van der Waals surface area (Å²) >= 11 is 0. The lowest BCUT2D eigenvalue weighted by Crippen LogP contribution is -2.05. The van der Waals surface area contributed by atoms with E-state index in [9.17, 15) is 4.79 Å². The van der Waals surface area contributed by atoms with Crippen molar-refractivity contribution in [2.75, 3.05) is 0 Å². The lowest BCUT2D eigenvalue weighted by Gasteiger charge is -2.05. The molecule has 0 spiro atoms. The van der Waals surface area contributed by atoms with E-state index in [1.165, 1.54) is 0 Å². The summed E-state index contributed by atoms with van der Waals surface area (Å²) in [7, 11) is 0. The number of aromatic nitrogens is 3. The van der Waals surface area contributed by atoms with Gasteiger partial charge in [0.2, 0.25) is 0 Å². The number of nitrogens with zero attached hydrogens (tertiary/aromatic N) is 3. The highest BCUT2D eigenvalue weighted by atomic mass is 16.5. The van der Waals surface area contributed by atoms with Crippen molar-refractivity contribution in [2.45, 2.75) is 26.8 Å². The number of benzene rings is 1. The number of aryl methyl sites for hydroxylation is 2. The topological polar surface area (TPSA) is 81.1 Å². The lowest BCUT2D eigenvalue weighted by molar-refractivity contribution is 0.0697. The molecule has 0 aliphatic rings. The number of aromatic carboxylic acids is 1. The summed E-state index contributed by atoms with van der Waals surface area (Å²) in [6.45, 7) is 4.37. The molecular weight excluding hydrogens is 270 g/mol. The van der Waals surface area contributed by atoms with Gasteiger partial charge in [-0.05, 0) is 25.1 Å². The first kappa shape index (κ1) is 13.4. The molecule has 0 amide bonds. The van der Waals surface area contributed by atoms with Gasteiger partial charge in [-0.25, -0.2) is 9.78 Å². The van der Waals surface area contributed by atoms with Gasteiger partial charge in [0, 0.05) is 12.5 Å². The Labute approximate surface area is 121 Å². The number of carboxylic acids is 1. The average Bonchev–Trinajstić information content (AvgIpc) is 3.02. The highest BCUT2D eigenvalue weighted by molar-refractivity contribution is 5.92. The molecule has 0 saturated carbocycles. The zero-order valence-electron chi connectivity index (χ0n) is 11.8. The fourth-order valence-corrected chi connectivity index (χ4v) is 2.41. The molecule has 3 aromatic rings. The molecular formula is C15H15N3O3. The highest BCUT2D eigenvalue weighted by Crippen LogP contribution is 2.20. The molecule has 1 aromatic carbocycles. The summed E-state index contributed by atoms with van der Waals surface area (Å²) in [5, 5.41) is 13.1. The minimum Gasteiger partial charge on any atom is -0.478 e. The maximum absolute atomic E-state index is 11.1. The predicted octanol–water partition coefficient (Wildman–Crippen LogP) is 2.64. The second-order valence-electron chi connectivity index (χ2n) is 4.91. The fourth-order valence-electron chi connectivity index (χ4n) is 2.41. The normalized spacial score (nSPS) is 11.1. The lowest BCUT2D eigenvalue weighted by atomic mass is 10.2. The second kappa shape index (κ2) is 5.05. The van der Waals surface area contributed by atoms with Crippen molar-refractivity contribution in [1.82, 2.24) is 14.7 Å². The van der Waals surface area contributed by atoms with Gasteiger partial charge < -0.3 is 14.2 Å². The minimum absolute atomic E-state index is 0.252. The second-order valence-corrected chi connectivity index (χ2v) is 4.91. The first-order valence-corrected chi connectivity index (χ1v) is 6.73. The zero-order valence-corrected chi connectivity index (χ0v) is 11.8. The molecule has 0 unspecified atom stereocenters. The third-order valence-electron chi connectivity index (χ3n) is 3.39. The van der Waals surface area contributed by atoms with Gasteiger partial charge in [0.25, 0.3) is 0 Å². The van der Waals surface area contributed by atoms with Gasteiger partial charge in [0.05, 0.1) is 23.1 Å². The van der Waals surface area contributed by atoms with Crippen LogP contribution in [0.3, 0.4) is 0 Å². The Morgan fingerprint density at radius 3 is 2.81 bits per heavy atom. The maximum atomic E-state index is 11.1. The van der Waals surface area contributed by atoms with Crippen LogP contribution in [0.25, 0.3) is 11.0 Å². The molecule has 6 heteroatoms. The number of carboxylic acid groups (broad SMARTS) is 1. The van der Waals surface area contributed by atoms with Crippen molar-refractivity contribution < 1.29 is 14.4 Å². The largest absolute Gasteiger partial charge is 0.478 e. The minimum atomic E-state index is -0.944. The number of carbonyl (C=O) groups is 1. The van der Waals surface area contributed by atoms with Gasteiger partial charge in [-0.3, -0.25) is 0 Å². The first-order valence-electron chi connectivity index (χ1n) is 6.73. The van der Waals surface area contributed by atoms with E-state index in [0.29, 0.717) is 6.54 Å². The van der Waals surface area contributed by atoms with Crippen molar-refractivity contribution in [2.24, 2.45) is 0 Å². The molecule has 6 nitrogen and oxygen atoms in total. The average molecular weight is 285 g/mol. The van der Waals surface area contributed by atoms with E-state index in [1.54, 1.807) is 18.2 Å². The quantitative estimate of drug-likeness (QED) is 0.797.